The molecule has 2 rings (SSSR count). The summed E-state index contributed by atoms with van der Waals surface area (Å²) in [6.45, 7) is 3.96. The van der Waals surface area contributed by atoms with Crippen LogP contribution in [0.5, 0.6) is 0 Å². The highest BCUT2D eigenvalue weighted by Gasteiger charge is 2.33. The Morgan fingerprint density at radius 1 is 1.19 bits per heavy atom. The van der Waals surface area contributed by atoms with Crippen LogP contribution in [0.15, 0.2) is 18.2 Å². The van der Waals surface area contributed by atoms with E-state index in [0.29, 0.717) is 6.42 Å². The summed E-state index contributed by atoms with van der Waals surface area (Å²) in [6, 6.07) is 3.77. The maximum Gasteiger partial charge on any atom is 0.257 e. The monoisotopic (exact) mass is 404 g/mol. The van der Waals surface area contributed by atoms with E-state index in [1.807, 2.05) is 0 Å². The average molecular weight is 405 g/mol. The lowest BCUT2D eigenvalue weighted by Crippen LogP contribution is -2.53. The first-order chi connectivity index (χ1) is 12.2. The summed E-state index contributed by atoms with van der Waals surface area (Å²) in [4.78, 5) is 27.8. The molecule has 1 aromatic rings. The number of hydrogen-bond donors (Lipinski definition) is 0. The molecule has 0 aromatic heterocycles. The molecule has 0 radical (unpaired) electrons. The fourth-order valence-corrected chi connectivity index (χ4v) is 4.38. The van der Waals surface area contributed by atoms with Crippen LogP contribution in [0, 0.1) is 5.82 Å². The fraction of sp³-hybridized carbons (Fsp3) is 0.529. The highest BCUT2D eigenvalue weighted by molar-refractivity contribution is 7.92. The zero-order chi connectivity index (χ0) is 19.5. The maximum atomic E-state index is 13.9. The zero-order valence-corrected chi connectivity index (χ0v) is 16.3. The molecule has 1 aliphatic heterocycles. The van der Waals surface area contributed by atoms with Gasteiger partial charge in [-0.25, -0.2) is 12.8 Å². The standard InChI is InChI=1S/C17H22ClFN2O4S/c1-3-10-26(24,25)12(2)16(22)20-6-8-21(9-7-20)17(23)14-11-13(18)4-5-15(14)19/h4-5,11-12H,3,6-10H2,1-2H3. The van der Waals surface area contributed by atoms with Crippen LogP contribution >= 0.6 is 11.6 Å². The number of nitrogens with zero attached hydrogens (tertiary/aromatic N) is 2. The Bertz CT molecular complexity index is 792. The number of carbonyl (C=O) groups is 2. The molecule has 1 heterocycles. The summed E-state index contributed by atoms with van der Waals surface area (Å²) in [5, 5.41) is -0.839. The van der Waals surface area contributed by atoms with Crippen molar-refractivity contribution in [1.29, 1.82) is 0 Å². The van der Waals surface area contributed by atoms with E-state index >= 15 is 0 Å². The number of amides is 2. The largest absolute Gasteiger partial charge is 0.338 e. The van der Waals surface area contributed by atoms with Crippen molar-refractivity contribution in [3.05, 3.63) is 34.6 Å². The minimum absolute atomic E-state index is 0.0353. The second-order valence-corrected chi connectivity index (χ2v) is 9.13. The first-order valence-electron chi connectivity index (χ1n) is 8.42. The van der Waals surface area contributed by atoms with Crippen molar-refractivity contribution in [3.8, 4) is 0 Å². The SMILES string of the molecule is CCCS(=O)(=O)C(C)C(=O)N1CCN(C(=O)c2cc(Cl)ccc2F)CC1. The first kappa shape index (κ1) is 20.6. The third-order valence-corrected chi connectivity index (χ3v) is 6.90. The molecule has 144 valence electrons. The number of rotatable bonds is 5. The van der Waals surface area contributed by atoms with Gasteiger partial charge in [0.25, 0.3) is 5.91 Å². The molecule has 0 saturated carbocycles. The number of benzene rings is 1. The third-order valence-electron chi connectivity index (χ3n) is 4.41. The van der Waals surface area contributed by atoms with Gasteiger partial charge in [-0.3, -0.25) is 9.59 Å². The van der Waals surface area contributed by atoms with Gasteiger partial charge in [0.1, 0.15) is 11.1 Å². The Labute approximate surface area is 157 Å². The molecule has 0 spiro atoms. The Morgan fingerprint density at radius 2 is 1.77 bits per heavy atom. The molecule has 1 atom stereocenters. The predicted molar refractivity (Wildman–Crippen MR) is 97.4 cm³/mol. The molecule has 26 heavy (non-hydrogen) atoms. The van der Waals surface area contributed by atoms with Crippen LogP contribution < -0.4 is 0 Å². The van der Waals surface area contributed by atoms with Crippen LogP contribution in [-0.2, 0) is 14.6 Å². The molecular formula is C17H22ClFN2O4S. The highest BCUT2D eigenvalue weighted by atomic mass is 35.5. The summed E-state index contributed by atoms with van der Waals surface area (Å²) in [6.07, 6.45) is 0.452. The van der Waals surface area contributed by atoms with Crippen molar-refractivity contribution < 1.29 is 22.4 Å². The average Bonchev–Trinajstić information content (AvgIpc) is 2.62. The molecule has 0 bridgehead atoms. The molecule has 1 unspecified atom stereocenters. The Hall–Kier alpha value is -1.67. The molecule has 0 N–H and O–H groups in total. The molecular weight excluding hydrogens is 383 g/mol. The van der Waals surface area contributed by atoms with Crippen molar-refractivity contribution in [3.63, 3.8) is 0 Å². The Kier molecular flexibility index (Phi) is 6.63. The smallest absolute Gasteiger partial charge is 0.257 e. The van der Waals surface area contributed by atoms with E-state index in [2.05, 4.69) is 0 Å². The van der Waals surface area contributed by atoms with Crippen LogP contribution in [0.1, 0.15) is 30.6 Å². The third kappa shape index (κ3) is 4.54. The quantitative estimate of drug-likeness (QED) is 0.752. The molecule has 1 fully saturated rings. The van der Waals surface area contributed by atoms with Crippen molar-refractivity contribution in [1.82, 2.24) is 9.80 Å². The molecule has 1 saturated heterocycles. The maximum absolute atomic E-state index is 13.9. The number of piperazine rings is 1. The number of hydrogen-bond acceptors (Lipinski definition) is 4. The van der Waals surface area contributed by atoms with Gasteiger partial charge < -0.3 is 9.80 Å². The van der Waals surface area contributed by atoms with E-state index in [1.54, 1.807) is 6.92 Å². The molecule has 6 nitrogen and oxygen atoms in total. The molecule has 0 aliphatic carbocycles. The van der Waals surface area contributed by atoms with Gasteiger partial charge in [0, 0.05) is 31.2 Å². The Morgan fingerprint density at radius 3 is 2.35 bits per heavy atom. The molecule has 2 amide bonds. The van der Waals surface area contributed by atoms with E-state index < -0.39 is 32.7 Å². The topological polar surface area (TPSA) is 74.8 Å². The van der Waals surface area contributed by atoms with Crippen molar-refractivity contribution in [2.45, 2.75) is 25.5 Å². The lowest BCUT2D eigenvalue weighted by atomic mass is 10.1. The van der Waals surface area contributed by atoms with Gasteiger partial charge in [-0.15, -0.1) is 0 Å². The van der Waals surface area contributed by atoms with E-state index in [0.717, 1.165) is 6.07 Å². The second kappa shape index (κ2) is 8.35. The molecule has 9 heteroatoms. The van der Waals surface area contributed by atoms with Gasteiger partial charge in [0.15, 0.2) is 9.84 Å². The summed E-state index contributed by atoms with van der Waals surface area (Å²) in [5.74, 6) is -1.65. The number of sulfone groups is 1. The minimum Gasteiger partial charge on any atom is -0.338 e. The van der Waals surface area contributed by atoms with Crippen LogP contribution in [0.4, 0.5) is 4.39 Å². The molecule has 1 aliphatic rings. The summed E-state index contributed by atoms with van der Waals surface area (Å²) in [7, 11) is -3.48. The van der Waals surface area contributed by atoms with Crippen molar-refractivity contribution >= 4 is 33.3 Å². The summed E-state index contributed by atoms with van der Waals surface area (Å²) >= 11 is 5.82. The van der Waals surface area contributed by atoms with Gasteiger partial charge >= 0.3 is 0 Å². The van der Waals surface area contributed by atoms with Crippen LogP contribution in [-0.4, -0.2) is 67.2 Å². The van der Waals surface area contributed by atoms with Gasteiger partial charge in [-0.2, -0.15) is 0 Å². The zero-order valence-electron chi connectivity index (χ0n) is 14.7. The van der Waals surface area contributed by atoms with E-state index in [-0.39, 0.29) is 42.5 Å². The van der Waals surface area contributed by atoms with E-state index in [9.17, 15) is 22.4 Å². The summed E-state index contributed by atoms with van der Waals surface area (Å²) < 4.78 is 38.0. The lowest BCUT2D eigenvalue weighted by molar-refractivity contribution is -0.131. The van der Waals surface area contributed by atoms with Gasteiger partial charge in [-0.1, -0.05) is 18.5 Å². The number of carbonyl (C=O) groups excluding carboxylic acids is 2. The van der Waals surface area contributed by atoms with Crippen LogP contribution in [0.3, 0.4) is 0 Å². The molecule has 1 aromatic carbocycles. The predicted octanol–water partition coefficient (Wildman–Crippen LogP) is 1.98. The van der Waals surface area contributed by atoms with Gasteiger partial charge in [0.2, 0.25) is 5.91 Å². The van der Waals surface area contributed by atoms with Gasteiger partial charge in [-0.05, 0) is 31.5 Å². The lowest BCUT2D eigenvalue weighted by Gasteiger charge is -2.36. The van der Waals surface area contributed by atoms with Gasteiger partial charge in [0.05, 0.1) is 11.3 Å². The first-order valence-corrected chi connectivity index (χ1v) is 10.5. The summed E-state index contributed by atoms with van der Waals surface area (Å²) in [5.41, 5.74) is -0.115. The van der Waals surface area contributed by atoms with Crippen LogP contribution in [0.2, 0.25) is 5.02 Å². The second-order valence-electron chi connectivity index (χ2n) is 6.25. The Balaban J connectivity index is 2.01. The van der Waals surface area contributed by atoms with E-state index in [1.165, 1.54) is 28.9 Å². The highest BCUT2D eigenvalue weighted by Crippen LogP contribution is 2.18. The fourth-order valence-electron chi connectivity index (χ4n) is 2.83. The van der Waals surface area contributed by atoms with Crippen molar-refractivity contribution in [2.75, 3.05) is 31.9 Å². The van der Waals surface area contributed by atoms with Crippen LogP contribution in [0.25, 0.3) is 0 Å². The number of halogens is 2. The van der Waals surface area contributed by atoms with E-state index in [4.69, 9.17) is 11.6 Å². The normalized spacial score (nSPS) is 16.5. The minimum atomic E-state index is -3.48. The van der Waals surface area contributed by atoms with Crippen molar-refractivity contribution in [2.24, 2.45) is 0 Å².